The molecule has 0 bridgehead atoms. The normalized spacial score (nSPS) is 21.6. The zero-order valence-corrected chi connectivity index (χ0v) is 13.8. The van der Waals surface area contributed by atoms with Crippen LogP contribution in [-0.4, -0.2) is 25.4 Å². The van der Waals surface area contributed by atoms with Crippen molar-refractivity contribution in [1.29, 1.82) is 0 Å². The van der Waals surface area contributed by atoms with E-state index in [1.165, 1.54) is 0 Å². The summed E-state index contributed by atoms with van der Waals surface area (Å²) in [4.78, 5) is 0. The van der Waals surface area contributed by atoms with Gasteiger partial charge in [0.1, 0.15) is 0 Å². The fourth-order valence-electron chi connectivity index (χ4n) is 2.66. The Morgan fingerprint density at radius 3 is 2.25 bits per heavy atom. The van der Waals surface area contributed by atoms with E-state index < -0.39 is 30.1 Å². The summed E-state index contributed by atoms with van der Waals surface area (Å²) in [6, 6.07) is 1.97. The van der Waals surface area contributed by atoms with Gasteiger partial charge in [0.2, 0.25) is 11.6 Å². The Morgan fingerprint density at radius 1 is 1.04 bits per heavy atom. The fraction of sp³-hybridized carbons (Fsp3) is 0.647. The Morgan fingerprint density at radius 2 is 1.62 bits per heavy atom. The molecule has 1 aromatic rings. The van der Waals surface area contributed by atoms with Gasteiger partial charge in [0.25, 0.3) is 0 Å². The highest BCUT2D eigenvalue weighted by atomic mass is 19.3. The van der Waals surface area contributed by atoms with E-state index >= 15 is 0 Å². The minimum absolute atomic E-state index is 0.126. The molecule has 24 heavy (non-hydrogen) atoms. The molecule has 3 nitrogen and oxygen atoms in total. The summed E-state index contributed by atoms with van der Waals surface area (Å²) in [5, 5.41) is 0. The Balaban J connectivity index is 1.94. The van der Waals surface area contributed by atoms with Crippen molar-refractivity contribution < 1.29 is 31.8 Å². The number of hydrogen-bond donors (Lipinski definition) is 0. The third-order valence-corrected chi connectivity index (χ3v) is 4.02. The second-order valence-corrected chi connectivity index (χ2v) is 6.06. The van der Waals surface area contributed by atoms with Crippen LogP contribution >= 0.6 is 0 Å². The second-order valence-electron chi connectivity index (χ2n) is 6.06. The summed E-state index contributed by atoms with van der Waals surface area (Å²) in [5.74, 6) is -3.51. The second kappa shape index (κ2) is 8.05. The molecule has 0 radical (unpaired) electrons. The predicted molar refractivity (Wildman–Crippen MR) is 80.5 cm³/mol. The highest BCUT2D eigenvalue weighted by molar-refractivity contribution is 5.35. The van der Waals surface area contributed by atoms with E-state index in [0.29, 0.717) is 18.8 Å². The summed E-state index contributed by atoms with van der Waals surface area (Å²) in [6.45, 7) is 2.83. The van der Waals surface area contributed by atoms with Gasteiger partial charge >= 0.3 is 6.11 Å². The van der Waals surface area contributed by atoms with Gasteiger partial charge in [-0.05, 0) is 50.7 Å². The van der Waals surface area contributed by atoms with Crippen LogP contribution in [0.15, 0.2) is 12.1 Å². The maximum Gasteiger partial charge on any atom is 0.422 e. The van der Waals surface area contributed by atoms with Crippen LogP contribution < -0.4 is 9.47 Å². The topological polar surface area (TPSA) is 27.7 Å². The molecular weight excluding hydrogens is 328 g/mol. The smallest absolute Gasteiger partial charge is 0.422 e. The molecule has 2 rings (SSSR count). The van der Waals surface area contributed by atoms with Crippen molar-refractivity contribution in [2.75, 3.05) is 13.2 Å². The van der Waals surface area contributed by atoms with Crippen molar-refractivity contribution >= 4 is 0 Å². The molecule has 1 aliphatic carbocycles. The van der Waals surface area contributed by atoms with Crippen LogP contribution in [0.25, 0.3) is 0 Å². The van der Waals surface area contributed by atoms with Gasteiger partial charge in [-0.2, -0.15) is 17.6 Å². The van der Waals surface area contributed by atoms with Crippen LogP contribution in [-0.2, 0) is 4.74 Å². The van der Waals surface area contributed by atoms with Crippen LogP contribution in [0.2, 0.25) is 0 Å². The van der Waals surface area contributed by atoms with Gasteiger partial charge in [0.05, 0.1) is 12.7 Å². The van der Waals surface area contributed by atoms with Gasteiger partial charge in [0, 0.05) is 0 Å². The van der Waals surface area contributed by atoms with Crippen LogP contribution in [0.5, 0.6) is 11.5 Å². The van der Waals surface area contributed by atoms with Gasteiger partial charge in [-0.15, -0.1) is 0 Å². The Bertz CT molecular complexity index is 543. The predicted octanol–water partition coefficient (Wildman–Crippen LogP) is 4.93. The lowest BCUT2D eigenvalue weighted by atomic mass is 9.89. The molecular formula is C17H22F4O3. The largest absolute Gasteiger partial charge is 0.491 e. The lowest BCUT2D eigenvalue weighted by Crippen LogP contribution is -2.34. The maximum atomic E-state index is 13.8. The first-order valence-electron chi connectivity index (χ1n) is 8.11. The zero-order valence-electron chi connectivity index (χ0n) is 13.8. The molecule has 1 aliphatic rings. The summed E-state index contributed by atoms with van der Waals surface area (Å²) in [5.41, 5.74) is 0. The van der Waals surface area contributed by atoms with Crippen molar-refractivity contribution in [2.24, 2.45) is 5.92 Å². The lowest BCUT2D eigenvalue weighted by molar-refractivity contribution is -0.223. The molecule has 7 heteroatoms. The number of ether oxygens (including phenoxy) is 3. The van der Waals surface area contributed by atoms with Crippen LogP contribution in [0.1, 0.15) is 39.5 Å². The molecule has 0 aliphatic heterocycles. The van der Waals surface area contributed by atoms with Gasteiger partial charge in [0.15, 0.2) is 18.1 Å². The molecule has 0 saturated heterocycles. The molecule has 0 unspecified atom stereocenters. The van der Waals surface area contributed by atoms with E-state index in [9.17, 15) is 17.6 Å². The van der Waals surface area contributed by atoms with Gasteiger partial charge in [-0.1, -0.05) is 6.92 Å². The first-order chi connectivity index (χ1) is 11.3. The van der Waals surface area contributed by atoms with E-state index in [2.05, 4.69) is 11.7 Å². The third kappa shape index (κ3) is 5.00. The molecule has 0 N–H and O–H groups in total. The molecule has 0 spiro atoms. The number of halogens is 4. The molecule has 0 atom stereocenters. The van der Waals surface area contributed by atoms with Crippen molar-refractivity contribution in [2.45, 2.75) is 51.7 Å². The third-order valence-electron chi connectivity index (χ3n) is 4.02. The van der Waals surface area contributed by atoms with E-state index in [-0.39, 0.29) is 18.5 Å². The summed E-state index contributed by atoms with van der Waals surface area (Å²) in [6.07, 6.45) is -0.723. The molecule has 136 valence electrons. The SMILES string of the molecule is CCOc1ccc(OC(F)(F)COC2CCC(C)CC2)c(F)c1F. The average Bonchev–Trinajstić information content (AvgIpc) is 2.54. The van der Waals surface area contributed by atoms with Crippen molar-refractivity contribution in [3.05, 3.63) is 23.8 Å². The Kier molecular flexibility index (Phi) is 6.32. The summed E-state index contributed by atoms with van der Waals surface area (Å²) < 4.78 is 69.5. The van der Waals surface area contributed by atoms with E-state index in [1.54, 1.807) is 6.92 Å². The number of hydrogen-bond acceptors (Lipinski definition) is 3. The fourth-order valence-corrected chi connectivity index (χ4v) is 2.66. The van der Waals surface area contributed by atoms with Crippen molar-refractivity contribution in [3.63, 3.8) is 0 Å². The molecule has 1 fully saturated rings. The van der Waals surface area contributed by atoms with E-state index in [0.717, 1.165) is 25.0 Å². The average molecular weight is 350 g/mol. The number of benzene rings is 1. The van der Waals surface area contributed by atoms with Crippen molar-refractivity contribution in [3.8, 4) is 11.5 Å². The number of rotatable bonds is 7. The molecule has 1 saturated carbocycles. The lowest BCUT2D eigenvalue weighted by Gasteiger charge is -2.28. The van der Waals surface area contributed by atoms with Crippen LogP contribution in [0.3, 0.4) is 0 Å². The highest BCUT2D eigenvalue weighted by Crippen LogP contribution is 2.32. The Labute approximate surface area is 138 Å². The minimum atomic E-state index is -3.75. The summed E-state index contributed by atoms with van der Waals surface area (Å²) in [7, 11) is 0. The van der Waals surface area contributed by atoms with Gasteiger partial charge < -0.3 is 14.2 Å². The quantitative estimate of drug-likeness (QED) is 0.653. The standard InChI is InChI=1S/C17H22F4O3/c1-3-22-13-8-9-14(16(19)15(13)18)24-17(20,21)10-23-12-6-4-11(2)5-7-12/h8-9,11-12H,3-7,10H2,1-2H3. The van der Waals surface area contributed by atoms with Crippen LogP contribution in [0, 0.1) is 17.6 Å². The van der Waals surface area contributed by atoms with Gasteiger partial charge in [-0.25, -0.2) is 0 Å². The number of alkyl halides is 2. The van der Waals surface area contributed by atoms with E-state index in [1.807, 2.05) is 0 Å². The first-order valence-corrected chi connectivity index (χ1v) is 8.11. The molecule has 0 amide bonds. The minimum Gasteiger partial charge on any atom is -0.491 e. The monoisotopic (exact) mass is 350 g/mol. The summed E-state index contributed by atoms with van der Waals surface area (Å²) >= 11 is 0. The molecule has 0 heterocycles. The molecule has 1 aromatic carbocycles. The van der Waals surface area contributed by atoms with Crippen LogP contribution in [0.4, 0.5) is 17.6 Å². The van der Waals surface area contributed by atoms with Gasteiger partial charge in [-0.3, -0.25) is 0 Å². The zero-order chi connectivity index (χ0) is 17.7. The Hall–Kier alpha value is -1.50. The maximum absolute atomic E-state index is 13.8. The van der Waals surface area contributed by atoms with E-state index in [4.69, 9.17) is 9.47 Å². The molecule has 0 aromatic heterocycles. The highest BCUT2D eigenvalue weighted by Gasteiger charge is 2.35. The van der Waals surface area contributed by atoms with Crippen molar-refractivity contribution in [1.82, 2.24) is 0 Å². The first kappa shape index (κ1) is 18.8.